The lowest BCUT2D eigenvalue weighted by Crippen LogP contribution is -2.28. The van der Waals surface area contributed by atoms with Gasteiger partial charge in [-0.2, -0.15) is 0 Å². The van der Waals surface area contributed by atoms with Gasteiger partial charge in [0, 0.05) is 0 Å². The number of halogens is 1. The van der Waals surface area contributed by atoms with Gasteiger partial charge in [0.15, 0.2) is 0 Å². The molecule has 0 spiro atoms. The average molecular weight is 356 g/mol. The van der Waals surface area contributed by atoms with E-state index >= 15 is 0 Å². The molecule has 0 radical (unpaired) electrons. The number of rotatable bonds is 9. The summed E-state index contributed by atoms with van der Waals surface area (Å²) < 4.78 is 6.34. The van der Waals surface area contributed by atoms with Gasteiger partial charge in [0.2, 0.25) is 0 Å². The van der Waals surface area contributed by atoms with Gasteiger partial charge in [-0.1, -0.05) is 33.8 Å². The number of ether oxygens (including phenoxy) is 1. The van der Waals surface area contributed by atoms with Gasteiger partial charge in [0.25, 0.3) is 0 Å². The van der Waals surface area contributed by atoms with Crippen molar-refractivity contribution in [1.29, 1.82) is 0 Å². The zero-order valence-electron chi connectivity index (χ0n) is 14.1. The molecule has 1 aromatic carbocycles. The summed E-state index contributed by atoms with van der Waals surface area (Å²) in [6, 6.07) is 6.42. The van der Waals surface area contributed by atoms with Crippen LogP contribution in [-0.4, -0.2) is 20.2 Å². The second-order valence-corrected chi connectivity index (χ2v) is 7.58. The first-order valence-corrected chi connectivity index (χ1v) is 8.74. The van der Waals surface area contributed by atoms with Gasteiger partial charge in [-0.25, -0.2) is 0 Å². The molecule has 0 saturated carbocycles. The second-order valence-electron chi connectivity index (χ2n) is 6.72. The lowest BCUT2D eigenvalue weighted by Gasteiger charge is -2.21. The Morgan fingerprint density at radius 2 is 1.81 bits per heavy atom. The van der Waals surface area contributed by atoms with Gasteiger partial charge in [-0.05, 0) is 77.3 Å². The summed E-state index contributed by atoms with van der Waals surface area (Å²) in [4.78, 5) is 0. The van der Waals surface area contributed by atoms with Crippen LogP contribution >= 0.6 is 15.9 Å². The van der Waals surface area contributed by atoms with E-state index in [1.807, 2.05) is 6.07 Å². The highest BCUT2D eigenvalue weighted by molar-refractivity contribution is 9.10. The van der Waals surface area contributed by atoms with Crippen LogP contribution in [0.1, 0.15) is 39.7 Å². The summed E-state index contributed by atoms with van der Waals surface area (Å²) in [6.45, 7) is 11.3. The Morgan fingerprint density at radius 3 is 2.33 bits per heavy atom. The first-order chi connectivity index (χ1) is 9.92. The minimum absolute atomic E-state index is 0.684. The van der Waals surface area contributed by atoms with Crippen LogP contribution in [0.25, 0.3) is 0 Å². The van der Waals surface area contributed by atoms with Gasteiger partial charge in [-0.3, -0.25) is 0 Å². The Kier molecular flexibility index (Phi) is 8.35. The van der Waals surface area contributed by atoms with Gasteiger partial charge in [0.1, 0.15) is 5.75 Å². The fraction of sp³-hybridized carbons (Fsp3) is 0.667. The van der Waals surface area contributed by atoms with E-state index in [0.717, 1.165) is 35.7 Å². The topological polar surface area (TPSA) is 21.3 Å². The van der Waals surface area contributed by atoms with Crippen molar-refractivity contribution in [2.24, 2.45) is 17.8 Å². The Labute approximate surface area is 138 Å². The lowest BCUT2D eigenvalue weighted by molar-refractivity contribution is 0.375. The highest BCUT2D eigenvalue weighted by atomic mass is 79.9. The van der Waals surface area contributed by atoms with E-state index in [4.69, 9.17) is 4.74 Å². The zero-order valence-corrected chi connectivity index (χ0v) is 15.7. The molecule has 1 atom stereocenters. The van der Waals surface area contributed by atoms with Crippen LogP contribution in [0.15, 0.2) is 22.7 Å². The molecule has 0 saturated heterocycles. The van der Waals surface area contributed by atoms with Crippen molar-refractivity contribution in [3.63, 3.8) is 0 Å². The average Bonchev–Trinajstić information content (AvgIpc) is 2.37. The highest BCUT2D eigenvalue weighted by Crippen LogP contribution is 2.27. The molecule has 2 nitrogen and oxygen atoms in total. The van der Waals surface area contributed by atoms with Crippen molar-refractivity contribution in [3.05, 3.63) is 28.2 Å². The Balaban J connectivity index is 2.64. The van der Waals surface area contributed by atoms with Crippen LogP contribution in [0.2, 0.25) is 0 Å². The molecule has 0 aromatic heterocycles. The largest absolute Gasteiger partial charge is 0.496 e. The molecule has 1 rings (SSSR count). The quantitative estimate of drug-likeness (QED) is 0.679. The van der Waals surface area contributed by atoms with Crippen LogP contribution in [0, 0.1) is 17.8 Å². The summed E-state index contributed by atoms with van der Waals surface area (Å²) in [5, 5.41) is 3.61. The van der Waals surface area contributed by atoms with Gasteiger partial charge in [-0.15, -0.1) is 0 Å². The van der Waals surface area contributed by atoms with E-state index in [1.54, 1.807) is 7.11 Å². The number of methoxy groups -OCH3 is 1. The van der Waals surface area contributed by atoms with Crippen LogP contribution < -0.4 is 10.1 Å². The Hall–Kier alpha value is -0.540. The molecule has 1 unspecified atom stereocenters. The van der Waals surface area contributed by atoms with E-state index in [2.05, 4.69) is 61.1 Å². The maximum Gasteiger partial charge on any atom is 0.133 e. The fourth-order valence-corrected chi connectivity index (χ4v) is 3.24. The van der Waals surface area contributed by atoms with E-state index in [-0.39, 0.29) is 0 Å². The predicted molar refractivity (Wildman–Crippen MR) is 95.1 cm³/mol. The number of hydrogen-bond donors (Lipinski definition) is 1. The summed E-state index contributed by atoms with van der Waals surface area (Å²) in [5.74, 6) is 3.03. The molecule has 0 amide bonds. The third-order valence-corrected chi connectivity index (χ3v) is 4.15. The van der Waals surface area contributed by atoms with Crippen molar-refractivity contribution in [3.8, 4) is 5.75 Å². The monoisotopic (exact) mass is 355 g/mol. The maximum absolute atomic E-state index is 5.30. The first kappa shape index (κ1) is 18.5. The molecular weight excluding hydrogens is 326 g/mol. The number of benzene rings is 1. The Morgan fingerprint density at radius 1 is 1.10 bits per heavy atom. The SMILES string of the molecule is COc1ccc(CC(CNCC(C)C)CC(C)C)cc1Br. The molecule has 0 aliphatic carbocycles. The molecule has 0 aliphatic rings. The minimum atomic E-state index is 0.684. The summed E-state index contributed by atoms with van der Waals surface area (Å²) in [6.07, 6.45) is 2.38. The van der Waals surface area contributed by atoms with E-state index in [0.29, 0.717) is 11.8 Å². The molecule has 0 aliphatic heterocycles. The molecule has 1 N–H and O–H groups in total. The third kappa shape index (κ3) is 7.32. The normalized spacial score (nSPS) is 13.0. The lowest BCUT2D eigenvalue weighted by atomic mass is 9.90. The van der Waals surface area contributed by atoms with Crippen LogP contribution in [-0.2, 0) is 6.42 Å². The van der Waals surface area contributed by atoms with Gasteiger partial charge < -0.3 is 10.1 Å². The standard InChI is InChI=1S/C18H30BrNO/c1-13(2)8-16(12-20-11-14(3)4)9-15-6-7-18(21-5)17(19)10-15/h6-7,10,13-14,16,20H,8-9,11-12H2,1-5H3. The first-order valence-electron chi connectivity index (χ1n) is 7.95. The molecule has 0 heterocycles. The highest BCUT2D eigenvalue weighted by Gasteiger charge is 2.13. The maximum atomic E-state index is 5.30. The van der Waals surface area contributed by atoms with E-state index in [1.165, 1.54) is 12.0 Å². The van der Waals surface area contributed by atoms with E-state index in [9.17, 15) is 0 Å². The molecular formula is C18H30BrNO. The summed E-state index contributed by atoms with van der Waals surface area (Å²) in [7, 11) is 1.71. The third-order valence-electron chi connectivity index (χ3n) is 3.53. The molecule has 0 fully saturated rings. The number of hydrogen-bond acceptors (Lipinski definition) is 2. The molecule has 1 aromatic rings. The van der Waals surface area contributed by atoms with Crippen molar-refractivity contribution < 1.29 is 4.74 Å². The van der Waals surface area contributed by atoms with E-state index < -0.39 is 0 Å². The van der Waals surface area contributed by atoms with Gasteiger partial charge >= 0.3 is 0 Å². The Bertz CT molecular complexity index is 418. The van der Waals surface area contributed by atoms with Crippen molar-refractivity contribution in [2.45, 2.75) is 40.5 Å². The molecule has 0 bridgehead atoms. The summed E-state index contributed by atoms with van der Waals surface area (Å²) >= 11 is 3.58. The smallest absolute Gasteiger partial charge is 0.133 e. The van der Waals surface area contributed by atoms with Crippen LogP contribution in [0.3, 0.4) is 0 Å². The number of nitrogens with one attached hydrogen (secondary N) is 1. The van der Waals surface area contributed by atoms with Gasteiger partial charge in [0.05, 0.1) is 11.6 Å². The molecule has 120 valence electrons. The minimum Gasteiger partial charge on any atom is -0.496 e. The molecule has 3 heteroatoms. The van der Waals surface area contributed by atoms with Crippen molar-refractivity contribution in [2.75, 3.05) is 20.2 Å². The summed E-state index contributed by atoms with van der Waals surface area (Å²) in [5.41, 5.74) is 1.37. The van der Waals surface area contributed by atoms with Crippen molar-refractivity contribution in [1.82, 2.24) is 5.32 Å². The van der Waals surface area contributed by atoms with Crippen LogP contribution in [0.5, 0.6) is 5.75 Å². The predicted octanol–water partition coefficient (Wildman–Crippen LogP) is 4.91. The fourth-order valence-electron chi connectivity index (χ4n) is 2.65. The van der Waals surface area contributed by atoms with Crippen molar-refractivity contribution >= 4 is 15.9 Å². The molecule has 21 heavy (non-hydrogen) atoms. The zero-order chi connectivity index (χ0) is 15.8. The van der Waals surface area contributed by atoms with Crippen LogP contribution in [0.4, 0.5) is 0 Å². The second kappa shape index (κ2) is 9.47.